The maximum atomic E-state index is 14.4. The van der Waals surface area contributed by atoms with E-state index in [1.54, 1.807) is 45.0 Å². The maximum Gasteiger partial charge on any atom is 0.258 e. The van der Waals surface area contributed by atoms with Crippen LogP contribution in [-0.4, -0.2) is 27.1 Å². The minimum atomic E-state index is -2.52. The number of carbonyl (C=O) groups is 1. The van der Waals surface area contributed by atoms with Gasteiger partial charge in [0, 0.05) is 28.6 Å². The van der Waals surface area contributed by atoms with Gasteiger partial charge < -0.3 is 10.6 Å². The van der Waals surface area contributed by atoms with Gasteiger partial charge in [0.2, 0.25) is 0 Å². The lowest BCUT2D eigenvalue weighted by Gasteiger charge is -2.10. The lowest BCUT2D eigenvalue weighted by atomic mass is 10.00. The Kier molecular flexibility index (Phi) is 5.26. The summed E-state index contributed by atoms with van der Waals surface area (Å²) in [5.74, 6) is -0.387. The van der Waals surface area contributed by atoms with Gasteiger partial charge in [-0.3, -0.25) is 14.5 Å². The van der Waals surface area contributed by atoms with Gasteiger partial charge in [-0.1, -0.05) is 12.1 Å². The minimum absolute atomic E-state index is 0.340. The molecular formula is C22H20F3N5O. The Morgan fingerprint density at radius 1 is 1.26 bits per heavy atom. The molecule has 1 aliphatic heterocycles. The molecule has 1 aliphatic rings. The number of amides is 1. The molecule has 9 heteroatoms. The summed E-state index contributed by atoms with van der Waals surface area (Å²) in [6.07, 6.45) is -1.03. The minimum Gasteiger partial charge on any atom is -0.342 e. The summed E-state index contributed by atoms with van der Waals surface area (Å²) in [4.78, 5) is 16.9. The fraction of sp³-hybridized carbons (Fsp3) is 0.227. The van der Waals surface area contributed by atoms with Gasteiger partial charge in [0.15, 0.2) is 5.82 Å². The Morgan fingerprint density at radius 2 is 2.03 bits per heavy atom. The number of nitrogens with one attached hydrogen (secondary N) is 2. The first kappa shape index (κ1) is 20.6. The summed E-state index contributed by atoms with van der Waals surface area (Å²) in [7, 11) is 0. The molecule has 160 valence electrons. The van der Waals surface area contributed by atoms with Crippen LogP contribution in [0.3, 0.4) is 0 Å². The molecule has 2 aromatic heterocycles. The van der Waals surface area contributed by atoms with Crippen LogP contribution in [0.5, 0.6) is 0 Å². The van der Waals surface area contributed by atoms with Crippen molar-refractivity contribution in [3.8, 4) is 11.3 Å². The fourth-order valence-corrected chi connectivity index (χ4v) is 3.68. The number of aryl methyl sites for hydroxylation is 2. The molecule has 1 aromatic carbocycles. The molecule has 31 heavy (non-hydrogen) atoms. The summed E-state index contributed by atoms with van der Waals surface area (Å²) in [6.45, 7) is 4.65. The van der Waals surface area contributed by atoms with Gasteiger partial charge in [0.05, 0.1) is 23.2 Å². The number of carbonyl (C=O) groups excluding carboxylic acids is 1. The van der Waals surface area contributed by atoms with E-state index in [1.165, 1.54) is 16.9 Å². The maximum absolute atomic E-state index is 14.4. The SMILES string of the molecule is C/C(Nc1cc(C)n(CC(F)F)n1)=C1/C(=O)Nc2cnc(-c3c(C)cccc3F)cc21. The molecule has 0 saturated carbocycles. The topological polar surface area (TPSA) is 71.8 Å². The highest BCUT2D eigenvalue weighted by molar-refractivity contribution is 6.32. The zero-order valence-electron chi connectivity index (χ0n) is 17.1. The van der Waals surface area contributed by atoms with Crippen LogP contribution in [0.15, 0.2) is 42.2 Å². The van der Waals surface area contributed by atoms with E-state index < -0.39 is 18.8 Å². The average molecular weight is 427 g/mol. The molecule has 3 heterocycles. The number of nitrogens with zero attached hydrogens (tertiary/aromatic N) is 3. The standard InChI is InChI=1S/C22H20F3N5O/c1-11-5-4-6-15(23)20(11)16-8-14-17(9-26-16)28-22(31)21(14)13(3)27-19-7-12(2)30(29-19)10-18(24)25/h4-9,18H,10H2,1-3H3,(H,27,29)(H,28,31)/b21-13-. The monoisotopic (exact) mass is 427 g/mol. The second kappa shape index (κ2) is 7.90. The van der Waals surface area contributed by atoms with E-state index >= 15 is 0 Å². The predicted octanol–water partition coefficient (Wildman–Crippen LogP) is 4.76. The molecule has 3 aromatic rings. The van der Waals surface area contributed by atoms with Crippen molar-refractivity contribution >= 4 is 23.0 Å². The van der Waals surface area contributed by atoms with Crippen molar-refractivity contribution in [2.75, 3.05) is 10.6 Å². The Labute approximate surface area is 176 Å². The van der Waals surface area contributed by atoms with Crippen molar-refractivity contribution in [2.24, 2.45) is 0 Å². The van der Waals surface area contributed by atoms with Crippen molar-refractivity contribution in [3.05, 3.63) is 64.9 Å². The van der Waals surface area contributed by atoms with E-state index in [0.29, 0.717) is 45.3 Å². The third kappa shape index (κ3) is 3.90. The zero-order chi connectivity index (χ0) is 22.3. The van der Waals surface area contributed by atoms with Crippen LogP contribution >= 0.6 is 0 Å². The van der Waals surface area contributed by atoms with Crippen LogP contribution in [0, 0.1) is 19.7 Å². The highest BCUT2D eigenvalue weighted by atomic mass is 19.3. The Morgan fingerprint density at radius 3 is 2.74 bits per heavy atom. The zero-order valence-corrected chi connectivity index (χ0v) is 17.1. The number of benzene rings is 1. The molecule has 2 N–H and O–H groups in total. The summed E-state index contributed by atoms with van der Waals surface area (Å²) in [6, 6.07) is 8.07. The Hall–Kier alpha value is -3.62. The molecule has 0 fully saturated rings. The van der Waals surface area contributed by atoms with Crippen molar-refractivity contribution in [3.63, 3.8) is 0 Å². The largest absolute Gasteiger partial charge is 0.342 e. The van der Waals surface area contributed by atoms with Crippen LogP contribution in [0.1, 0.15) is 23.7 Å². The van der Waals surface area contributed by atoms with Crippen molar-refractivity contribution < 1.29 is 18.0 Å². The van der Waals surface area contributed by atoms with Crippen LogP contribution in [-0.2, 0) is 11.3 Å². The summed E-state index contributed by atoms with van der Waals surface area (Å²) in [5.41, 5.74) is 4.01. The predicted molar refractivity (Wildman–Crippen MR) is 112 cm³/mol. The normalized spacial score (nSPS) is 14.6. The molecule has 0 bridgehead atoms. The van der Waals surface area contributed by atoms with Crippen LogP contribution in [0.2, 0.25) is 0 Å². The molecule has 0 aliphatic carbocycles. The average Bonchev–Trinajstić information content (AvgIpc) is 3.19. The quantitative estimate of drug-likeness (QED) is 0.576. The van der Waals surface area contributed by atoms with Crippen LogP contribution < -0.4 is 10.6 Å². The molecule has 0 atom stereocenters. The molecule has 1 amide bonds. The van der Waals surface area contributed by atoms with Crippen LogP contribution in [0.4, 0.5) is 24.7 Å². The lowest BCUT2D eigenvalue weighted by Crippen LogP contribution is -2.11. The number of pyridine rings is 1. The third-order valence-electron chi connectivity index (χ3n) is 5.11. The van der Waals surface area contributed by atoms with Crippen molar-refractivity contribution in [1.82, 2.24) is 14.8 Å². The lowest BCUT2D eigenvalue weighted by molar-refractivity contribution is -0.110. The summed E-state index contributed by atoms with van der Waals surface area (Å²) >= 11 is 0. The number of hydrogen-bond donors (Lipinski definition) is 2. The number of alkyl halides is 2. The van der Waals surface area contributed by atoms with Gasteiger partial charge >= 0.3 is 0 Å². The second-order valence-corrected chi connectivity index (χ2v) is 7.37. The Balaban J connectivity index is 1.72. The van der Waals surface area contributed by atoms with Gasteiger partial charge in [0.25, 0.3) is 12.3 Å². The van der Waals surface area contributed by atoms with Crippen molar-refractivity contribution in [2.45, 2.75) is 33.7 Å². The molecule has 0 unspecified atom stereocenters. The second-order valence-electron chi connectivity index (χ2n) is 7.37. The number of aromatic nitrogens is 3. The molecule has 4 rings (SSSR count). The number of allylic oxidation sites excluding steroid dienone is 1. The van der Waals surface area contributed by atoms with E-state index in [9.17, 15) is 18.0 Å². The first-order valence-electron chi connectivity index (χ1n) is 9.62. The number of hydrogen-bond acceptors (Lipinski definition) is 4. The third-order valence-corrected chi connectivity index (χ3v) is 5.11. The van der Waals surface area contributed by atoms with Crippen LogP contribution in [0.25, 0.3) is 16.8 Å². The Bertz CT molecular complexity index is 1200. The fourth-order valence-electron chi connectivity index (χ4n) is 3.68. The number of rotatable bonds is 5. The molecule has 0 spiro atoms. The van der Waals surface area contributed by atoms with Gasteiger partial charge in [-0.05, 0) is 38.5 Å². The molecule has 0 radical (unpaired) electrons. The van der Waals surface area contributed by atoms with Gasteiger partial charge in [-0.15, -0.1) is 0 Å². The first-order valence-corrected chi connectivity index (χ1v) is 9.62. The van der Waals surface area contributed by atoms with E-state index in [2.05, 4.69) is 20.7 Å². The number of halogens is 3. The number of anilines is 2. The summed E-state index contributed by atoms with van der Waals surface area (Å²) < 4.78 is 41.0. The van der Waals surface area contributed by atoms with Crippen molar-refractivity contribution in [1.29, 1.82) is 0 Å². The molecule has 0 saturated heterocycles. The van der Waals surface area contributed by atoms with Gasteiger partial charge in [-0.2, -0.15) is 5.10 Å². The van der Waals surface area contributed by atoms with Gasteiger partial charge in [-0.25, -0.2) is 13.2 Å². The van der Waals surface area contributed by atoms with Gasteiger partial charge in [0.1, 0.15) is 12.4 Å². The first-order chi connectivity index (χ1) is 14.7. The highest BCUT2D eigenvalue weighted by Gasteiger charge is 2.28. The van der Waals surface area contributed by atoms with E-state index in [-0.39, 0.29) is 5.91 Å². The van der Waals surface area contributed by atoms with E-state index in [1.807, 2.05) is 0 Å². The van der Waals surface area contributed by atoms with E-state index in [0.717, 1.165) is 5.56 Å². The molecular weight excluding hydrogens is 407 g/mol. The molecule has 6 nitrogen and oxygen atoms in total. The highest BCUT2D eigenvalue weighted by Crippen LogP contribution is 2.37. The smallest absolute Gasteiger partial charge is 0.258 e. The number of fused-ring (bicyclic) bond motifs is 1. The summed E-state index contributed by atoms with van der Waals surface area (Å²) in [5, 5.41) is 9.89. The van der Waals surface area contributed by atoms with E-state index in [4.69, 9.17) is 0 Å².